The molecule has 0 amide bonds. The van der Waals surface area contributed by atoms with Crippen LogP contribution in [0.5, 0.6) is 11.8 Å². The zero-order chi connectivity index (χ0) is 15.4. The number of carbonyl (C=O) groups is 1. The fraction of sp³-hybridized carbons (Fsp3) is 0.0556. The molecular weight excluding hydrogens is 276 g/mol. The van der Waals surface area contributed by atoms with E-state index in [1.807, 2.05) is 25.1 Å². The molecule has 0 fully saturated rings. The lowest BCUT2D eigenvalue weighted by atomic mass is 10.0. The number of hydrogen-bond donors (Lipinski definition) is 0. The maximum absolute atomic E-state index is 12.3. The molecule has 0 spiro atoms. The van der Waals surface area contributed by atoms with E-state index in [2.05, 4.69) is 9.97 Å². The van der Waals surface area contributed by atoms with Crippen LogP contribution in [-0.2, 0) is 0 Å². The maximum atomic E-state index is 12.3. The van der Waals surface area contributed by atoms with Crippen molar-refractivity contribution in [2.24, 2.45) is 0 Å². The number of ether oxygens (including phenoxy) is 1. The molecule has 0 N–H and O–H groups in total. The molecule has 3 rings (SSSR count). The van der Waals surface area contributed by atoms with E-state index >= 15 is 0 Å². The highest BCUT2D eigenvalue weighted by molar-refractivity contribution is 6.08. The van der Waals surface area contributed by atoms with Gasteiger partial charge < -0.3 is 4.74 Å². The highest BCUT2D eigenvalue weighted by Crippen LogP contribution is 2.19. The van der Waals surface area contributed by atoms with Crippen LogP contribution in [-0.4, -0.2) is 15.8 Å². The number of rotatable bonds is 4. The molecule has 0 aliphatic heterocycles. The van der Waals surface area contributed by atoms with Gasteiger partial charge in [0.2, 0.25) is 0 Å². The number of ketones is 1. The minimum absolute atomic E-state index is 0.0151. The first-order valence-corrected chi connectivity index (χ1v) is 6.89. The Hall–Kier alpha value is -3.01. The molecule has 3 aromatic rings. The number of nitrogens with zero attached hydrogens (tertiary/aromatic N) is 2. The molecule has 0 aliphatic rings. The van der Waals surface area contributed by atoms with Gasteiger partial charge in [-0.25, -0.2) is 9.97 Å². The van der Waals surface area contributed by atoms with E-state index < -0.39 is 0 Å². The number of benzene rings is 2. The molecule has 4 heteroatoms. The Morgan fingerprint density at radius 1 is 0.864 bits per heavy atom. The Morgan fingerprint density at radius 3 is 2.09 bits per heavy atom. The van der Waals surface area contributed by atoms with E-state index in [9.17, 15) is 4.79 Å². The van der Waals surface area contributed by atoms with Gasteiger partial charge in [0.15, 0.2) is 5.78 Å². The van der Waals surface area contributed by atoms with Gasteiger partial charge in [-0.2, -0.15) is 0 Å². The number of hydrogen-bond acceptors (Lipinski definition) is 4. The molecule has 22 heavy (non-hydrogen) atoms. The summed E-state index contributed by atoms with van der Waals surface area (Å²) in [5, 5.41) is 0. The van der Waals surface area contributed by atoms with Gasteiger partial charge in [-0.1, -0.05) is 30.3 Å². The van der Waals surface area contributed by atoms with Gasteiger partial charge in [0.05, 0.1) is 0 Å². The Kier molecular flexibility index (Phi) is 3.92. The maximum Gasteiger partial charge on any atom is 0.321 e. The van der Waals surface area contributed by atoms with E-state index in [-0.39, 0.29) is 11.8 Å². The summed E-state index contributed by atoms with van der Waals surface area (Å²) in [4.78, 5) is 20.4. The van der Waals surface area contributed by atoms with Crippen LogP contribution in [0.4, 0.5) is 0 Å². The summed E-state index contributed by atoms with van der Waals surface area (Å²) in [5.41, 5.74) is 2.25. The van der Waals surface area contributed by atoms with Crippen LogP contribution in [0.15, 0.2) is 67.0 Å². The van der Waals surface area contributed by atoms with E-state index in [0.717, 1.165) is 5.56 Å². The number of aryl methyl sites for hydroxylation is 1. The largest absolute Gasteiger partial charge is 0.424 e. The molecule has 0 aliphatic carbocycles. The smallest absolute Gasteiger partial charge is 0.321 e. The van der Waals surface area contributed by atoms with Gasteiger partial charge in [-0.15, -0.1) is 0 Å². The van der Waals surface area contributed by atoms with Crippen LogP contribution >= 0.6 is 0 Å². The highest BCUT2D eigenvalue weighted by atomic mass is 16.5. The lowest BCUT2D eigenvalue weighted by molar-refractivity contribution is 0.103. The SMILES string of the molecule is Cc1cnc(Oc2ccc(C(=O)c3ccccc3)cc2)nc1. The standard InChI is InChI=1S/C18H14N2O2/c1-13-11-19-18(20-12-13)22-16-9-7-15(8-10-16)17(21)14-5-3-2-4-6-14/h2-12H,1H3. The molecular formula is C18H14N2O2. The zero-order valence-corrected chi connectivity index (χ0v) is 12.1. The van der Waals surface area contributed by atoms with Crippen molar-refractivity contribution in [2.75, 3.05) is 0 Å². The van der Waals surface area contributed by atoms with Crippen molar-refractivity contribution in [2.45, 2.75) is 6.92 Å². The van der Waals surface area contributed by atoms with Crippen molar-refractivity contribution in [3.05, 3.63) is 83.7 Å². The zero-order valence-electron chi connectivity index (χ0n) is 12.1. The monoisotopic (exact) mass is 290 g/mol. The van der Waals surface area contributed by atoms with Crippen LogP contribution < -0.4 is 4.74 Å². The van der Waals surface area contributed by atoms with Crippen LogP contribution in [0.25, 0.3) is 0 Å². The summed E-state index contributed by atoms with van der Waals surface area (Å²) in [6.45, 7) is 1.91. The molecule has 0 unspecified atom stereocenters. The fourth-order valence-corrected chi connectivity index (χ4v) is 1.97. The van der Waals surface area contributed by atoms with Crippen molar-refractivity contribution < 1.29 is 9.53 Å². The van der Waals surface area contributed by atoms with Crippen LogP contribution in [0, 0.1) is 6.92 Å². The van der Waals surface area contributed by atoms with Crippen molar-refractivity contribution in [3.63, 3.8) is 0 Å². The summed E-state index contributed by atoms with van der Waals surface area (Å²) in [7, 11) is 0. The van der Waals surface area contributed by atoms with Crippen LogP contribution in [0.1, 0.15) is 21.5 Å². The number of aromatic nitrogens is 2. The average molecular weight is 290 g/mol. The third-order valence-electron chi connectivity index (χ3n) is 3.12. The second-order valence-corrected chi connectivity index (χ2v) is 4.86. The van der Waals surface area contributed by atoms with Gasteiger partial charge in [0.1, 0.15) is 5.75 Å². The molecule has 0 bridgehead atoms. The van der Waals surface area contributed by atoms with Gasteiger partial charge >= 0.3 is 6.01 Å². The van der Waals surface area contributed by atoms with Crippen molar-refractivity contribution in [3.8, 4) is 11.8 Å². The third kappa shape index (κ3) is 3.17. The van der Waals surface area contributed by atoms with Crippen molar-refractivity contribution in [1.82, 2.24) is 9.97 Å². The predicted octanol–water partition coefficient (Wildman–Crippen LogP) is 3.81. The van der Waals surface area contributed by atoms with Gasteiger partial charge in [-0.3, -0.25) is 4.79 Å². The Labute approximate surface area is 128 Å². The highest BCUT2D eigenvalue weighted by Gasteiger charge is 2.08. The quantitative estimate of drug-likeness (QED) is 0.686. The minimum Gasteiger partial charge on any atom is -0.424 e. The molecule has 0 atom stereocenters. The molecule has 0 radical (unpaired) electrons. The number of carbonyl (C=O) groups excluding carboxylic acids is 1. The summed E-state index contributed by atoms with van der Waals surface area (Å²) < 4.78 is 5.54. The Bertz CT molecular complexity index is 766. The lowest BCUT2D eigenvalue weighted by Gasteiger charge is -2.05. The Morgan fingerprint density at radius 2 is 1.45 bits per heavy atom. The van der Waals surface area contributed by atoms with Gasteiger partial charge in [-0.05, 0) is 36.8 Å². The first-order chi connectivity index (χ1) is 10.7. The molecule has 0 saturated heterocycles. The molecule has 2 aromatic carbocycles. The first-order valence-electron chi connectivity index (χ1n) is 6.89. The first kappa shape index (κ1) is 13.9. The van der Waals surface area contributed by atoms with Crippen LogP contribution in [0.3, 0.4) is 0 Å². The lowest BCUT2D eigenvalue weighted by Crippen LogP contribution is -2.00. The summed E-state index contributed by atoms with van der Waals surface area (Å²) in [6.07, 6.45) is 3.38. The summed E-state index contributed by atoms with van der Waals surface area (Å²) >= 11 is 0. The summed E-state index contributed by atoms with van der Waals surface area (Å²) in [6, 6.07) is 16.4. The van der Waals surface area contributed by atoms with Gasteiger partial charge in [0.25, 0.3) is 0 Å². The topological polar surface area (TPSA) is 52.1 Å². The van der Waals surface area contributed by atoms with Crippen molar-refractivity contribution in [1.29, 1.82) is 0 Å². The molecule has 0 saturated carbocycles. The van der Waals surface area contributed by atoms with Gasteiger partial charge in [0, 0.05) is 23.5 Å². The third-order valence-corrected chi connectivity index (χ3v) is 3.12. The molecule has 1 aromatic heterocycles. The second-order valence-electron chi connectivity index (χ2n) is 4.86. The fourth-order valence-electron chi connectivity index (χ4n) is 1.97. The molecule has 4 nitrogen and oxygen atoms in total. The minimum atomic E-state index is -0.0151. The predicted molar refractivity (Wildman–Crippen MR) is 83.2 cm³/mol. The normalized spacial score (nSPS) is 10.2. The average Bonchev–Trinajstić information content (AvgIpc) is 2.58. The summed E-state index contributed by atoms with van der Waals surface area (Å²) in [5.74, 6) is 0.576. The van der Waals surface area contributed by atoms with Crippen molar-refractivity contribution >= 4 is 5.78 Å². The molecule has 1 heterocycles. The van der Waals surface area contributed by atoms with E-state index in [4.69, 9.17) is 4.74 Å². The van der Waals surface area contributed by atoms with E-state index in [1.165, 1.54) is 0 Å². The Balaban J connectivity index is 1.75. The van der Waals surface area contributed by atoms with E-state index in [1.54, 1.807) is 48.8 Å². The van der Waals surface area contributed by atoms with E-state index in [0.29, 0.717) is 16.9 Å². The van der Waals surface area contributed by atoms with Crippen LogP contribution in [0.2, 0.25) is 0 Å². The second kappa shape index (κ2) is 6.18. The molecule has 108 valence electrons.